The van der Waals surface area contributed by atoms with Crippen molar-refractivity contribution in [2.45, 2.75) is 12.5 Å². The molecule has 3 N–H and O–H groups in total. The zero-order chi connectivity index (χ0) is 17.5. The highest BCUT2D eigenvalue weighted by Crippen LogP contribution is 2.18. The molecule has 5 nitrogen and oxygen atoms in total. The van der Waals surface area contributed by atoms with E-state index >= 15 is 0 Å². The average Bonchev–Trinajstić information content (AvgIpc) is 2.63. The molecule has 0 radical (unpaired) electrons. The Kier molecular flexibility index (Phi) is 8.11. The minimum Gasteiger partial charge on any atom is -0.355 e. The molecule has 25 heavy (non-hydrogen) atoms. The Hall–Kier alpha value is -2.37. The number of amides is 2. The zero-order valence-electron chi connectivity index (χ0n) is 14.4. The number of rotatable bonds is 6. The van der Waals surface area contributed by atoms with E-state index in [1.807, 2.05) is 42.5 Å². The van der Waals surface area contributed by atoms with Crippen LogP contribution in [0, 0.1) is 0 Å². The first-order chi connectivity index (χ1) is 11.6. The number of hydrogen-bond acceptors (Lipinski definition) is 3. The van der Waals surface area contributed by atoms with E-state index in [0.29, 0.717) is 12.1 Å². The lowest BCUT2D eigenvalue weighted by molar-refractivity contribution is -0.131. The normalized spacial score (nSPS) is 11.2. The van der Waals surface area contributed by atoms with Gasteiger partial charge in [-0.05, 0) is 23.3 Å². The minimum absolute atomic E-state index is 0. The van der Waals surface area contributed by atoms with Crippen LogP contribution in [-0.4, -0.2) is 37.4 Å². The largest absolute Gasteiger partial charge is 0.355 e. The van der Waals surface area contributed by atoms with Crippen LogP contribution >= 0.6 is 12.4 Å². The summed E-state index contributed by atoms with van der Waals surface area (Å²) >= 11 is 0. The Bertz CT molecular complexity index is 690. The summed E-state index contributed by atoms with van der Waals surface area (Å²) in [5.74, 6) is -0.487. The average molecular weight is 362 g/mol. The van der Waals surface area contributed by atoms with E-state index in [2.05, 4.69) is 5.32 Å². The van der Waals surface area contributed by atoms with Crippen molar-refractivity contribution in [1.82, 2.24) is 10.2 Å². The maximum absolute atomic E-state index is 12.7. The molecule has 2 amide bonds. The molecule has 2 aromatic carbocycles. The van der Waals surface area contributed by atoms with Gasteiger partial charge in [-0.25, -0.2) is 0 Å². The van der Waals surface area contributed by atoms with Gasteiger partial charge in [-0.2, -0.15) is 0 Å². The number of nitrogens with two attached hydrogens (primary N) is 1. The molecule has 134 valence electrons. The molecule has 0 aliphatic rings. The van der Waals surface area contributed by atoms with Crippen molar-refractivity contribution in [3.8, 4) is 0 Å². The van der Waals surface area contributed by atoms with Crippen molar-refractivity contribution < 1.29 is 9.59 Å². The summed E-state index contributed by atoms with van der Waals surface area (Å²) in [7, 11) is 3.36. The Balaban J connectivity index is 0.00000312. The van der Waals surface area contributed by atoms with Gasteiger partial charge in [0.1, 0.15) is 0 Å². The van der Waals surface area contributed by atoms with Gasteiger partial charge in [-0.1, -0.05) is 42.5 Å². The predicted molar refractivity (Wildman–Crippen MR) is 102 cm³/mol. The second kappa shape index (κ2) is 9.81. The van der Waals surface area contributed by atoms with Gasteiger partial charge in [0.2, 0.25) is 5.91 Å². The molecule has 0 heterocycles. The summed E-state index contributed by atoms with van der Waals surface area (Å²) in [6, 6.07) is 16.8. The highest BCUT2D eigenvalue weighted by atomic mass is 35.5. The van der Waals surface area contributed by atoms with Gasteiger partial charge in [0.25, 0.3) is 5.91 Å². The molecule has 0 saturated heterocycles. The topological polar surface area (TPSA) is 75.4 Å². The van der Waals surface area contributed by atoms with E-state index in [1.54, 1.807) is 31.1 Å². The Morgan fingerprint density at radius 2 is 1.68 bits per heavy atom. The summed E-state index contributed by atoms with van der Waals surface area (Å²) in [6.45, 7) is 0.735. The Morgan fingerprint density at radius 3 is 2.20 bits per heavy atom. The van der Waals surface area contributed by atoms with E-state index in [9.17, 15) is 9.59 Å². The van der Waals surface area contributed by atoms with Gasteiger partial charge in [0.15, 0.2) is 0 Å². The van der Waals surface area contributed by atoms with Crippen LogP contribution < -0.4 is 11.1 Å². The molecule has 1 unspecified atom stereocenters. The van der Waals surface area contributed by atoms with Crippen molar-refractivity contribution in [3.05, 3.63) is 71.3 Å². The van der Waals surface area contributed by atoms with Crippen molar-refractivity contribution in [2.75, 3.05) is 20.6 Å². The molecule has 0 aromatic heterocycles. The maximum atomic E-state index is 12.7. The number of nitrogens with zero attached hydrogens (tertiary/aromatic N) is 1. The summed E-state index contributed by atoms with van der Waals surface area (Å²) < 4.78 is 0. The Morgan fingerprint density at radius 1 is 1.08 bits per heavy atom. The fraction of sp³-hybridized carbons (Fsp3) is 0.263. The smallest absolute Gasteiger partial charge is 0.251 e. The van der Waals surface area contributed by atoms with Crippen LogP contribution in [0.2, 0.25) is 0 Å². The molecule has 0 fully saturated rings. The SMILES string of the molecule is CNC(=O)c1ccc(CN(C)C(=O)C(CN)c2ccccc2)cc1.Cl. The second-order valence-electron chi connectivity index (χ2n) is 5.67. The third kappa shape index (κ3) is 5.31. The summed E-state index contributed by atoms with van der Waals surface area (Å²) in [4.78, 5) is 25.9. The van der Waals surface area contributed by atoms with Crippen molar-refractivity contribution >= 4 is 24.2 Å². The van der Waals surface area contributed by atoms with E-state index in [-0.39, 0.29) is 36.7 Å². The Labute approximate surface area is 154 Å². The van der Waals surface area contributed by atoms with Gasteiger partial charge in [0.05, 0.1) is 5.92 Å². The van der Waals surface area contributed by atoms with Crippen molar-refractivity contribution in [2.24, 2.45) is 5.73 Å². The zero-order valence-corrected chi connectivity index (χ0v) is 15.3. The number of carbonyl (C=O) groups excluding carboxylic acids is 2. The number of hydrogen-bond donors (Lipinski definition) is 2. The lowest BCUT2D eigenvalue weighted by Crippen LogP contribution is -2.34. The van der Waals surface area contributed by atoms with Gasteiger partial charge in [0, 0.05) is 32.7 Å². The lowest BCUT2D eigenvalue weighted by Gasteiger charge is -2.23. The number of halogens is 1. The molecular weight excluding hydrogens is 338 g/mol. The summed E-state index contributed by atoms with van der Waals surface area (Å²) in [6.07, 6.45) is 0. The first kappa shape index (κ1) is 20.7. The molecule has 0 aliphatic heterocycles. The molecule has 2 rings (SSSR count). The van der Waals surface area contributed by atoms with E-state index in [4.69, 9.17) is 5.73 Å². The minimum atomic E-state index is -0.346. The molecule has 0 bridgehead atoms. The summed E-state index contributed by atoms with van der Waals surface area (Å²) in [5.41, 5.74) is 8.29. The third-order valence-corrected chi connectivity index (χ3v) is 3.97. The van der Waals surface area contributed by atoms with E-state index in [1.165, 1.54) is 0 Å². The fourth-order valence-corrected chi connectivity index (χ4v) is 2.59. The monoisotopic (exact) mass is 361 g/mol. The van der Waals surface area contributed by atoms with Crippen LogP contribution in [0.15, 0.2) is 54.6 Å². The molecule has 0 saturated carbocycles. The molecule has 6 heteroatoms. The number of likely N-dealkylation sites (N-methyl/N-ethyl adjacent to an activating group) is 1. The molecule has 2 aromatic rings. The first-order valence-corrected chi connectivity index (χ1v) is 7.87. The van der Waals surface area contributed by atoms with E-state index in [0.717, 1.165) is 11.1 Å². The third-order valence-electron chi connectivity index (χ3n) is 3.97. The summed E-state index contributed by atoms with van der Waals surface area (Å²) in [5, 5.41) is 2.58. The van der Waals surface area contributed by atoms with Crippen LogP contribution in [0.25, 0.3) is 0 Å². The fourth-order valence-electron chi connectivity index (χ4n) is 2.59. The van der Waals surface area contributed by atoms with Crippen molar-refractivity contribution in [3.63, 3.8) is 0 Å². The highest BCUT2D eigenvalue weighted by molar-refractivity contribution is 5.94. The highest BCUT2D eigenvalue weighted by Gasteiger charge is 2.22. The van der Waals surface area contributed by atoms with Crippen LogP contribution in [0.5, 0.6) is 0 Å². The number of benzene rings is 2. The maximum Gasteiger partial charge on any atom is 0.251 e. The van der Waals surface area contributed by atoms with Gasteiger partial charge in [-0.3, -0.25) is 9.59 Å². The quantitative estimate of drug-likeness (QED) is 0.828. The molecular formula is C19H24ClN3O2. The van der Waals surface area contributed by atoms with Crippen molar-refractivity contribution in [1.29, 1.82) is 0 Å². The number of nitrogens with one attached hydrogen (secondary N) is 1. The lowest BCUT2D eigenvalue weighted by atomic mass is 9.97. The van der Waals surface area contributed by atoms with Crippen LogP contribution in [0.4, 0.5) is 0 Å². The predicted octanol–water partition coefficient (Wildman–Crippen LogP) is 2.17. The molecule has 1 atom stereocenters. The van der Waals surface area contributed by atoms with Gasteiger partial charge in [-0.15, -0.1) is 12.4 Å². The second-order valence-corrected chi connectivity index (χ2v) is 5.67. The molecule has 0 spiro atoms. The van der Waals surface area contributed by atoms with E-state index < -0.39 is 0 Å². The number of carbonyl (C=O) groups is 2. The van der Waals surface area contributed by atoms with Crippen LogP contribution in [0.3, 0.4) is 0 Å². The first-order valence-electron chi connectivity index (χ1n) is 7.87. The van der Waals surface area contributed by atoms with Gasteiger partial charge >= 0.3 is 0 Å². The molecule has 0 aliphatic carbocycles. The van der Waals surface area contributed by atoms with Crippen LogP contribution in [-0.2, 0) is 11.3 Å². The van der Waals surface area contributed by atoms with Gasteiger partial charge < -0.3 is 16.0 Å². The standard InChI is InChI=1S/C19H23N3O2.ClH/c1-21-18(23)16-10-8-14(9-11-16)13-22(2)19(24)17(12-20)15-6-4-3-5-7-15;/h3-11,17H,12-13,20H2,1-2H3,(H,21,23);1H. The van der Waals surface area contributed by atoms with Crippen LogP contribution in [0.1, 0.15) is 27.4 Å².